The van der Waals surface area contributed by atoms with Gasteiger partial charge in [-0.25, -0.2) is 8.42 Å². The first kappa shape index (κ1) is 18.2. The summed E-state index contributed by atoms with van der Waals surface area (Å²) in [5, 5.41) is 13.1. The number of nitro benzene ring substituents is 1. The zero-order valence-electron chi connectivity index (χ0n) is 13.5. The van der Waals surface area contributed by atoms with Crippen LogP contribution >= 0.6 is 10.7 Å². The number of fused-ring (bicyclic) bond motifs is 1. The molecule has 0 heterocycles. The first-order chi connectivity index (χ1) is 12.4. The molecule has 0 fully saturated rings. The Hall–Kier alpha value is -2.64. The van der Waals surface area contributed by atoms with Crippen LogP contribution in [0.25, 0.3) is 10.8 Å². The third-order valence-electron chi connectivity index (χ3n) is 3.91. The van der Waals surface area contributed by atoms with Crippen LogP contribution < -0.4 is 4.74 Å². The Bertz CT molecular complexity index is 1080. The average Bonchev–Trinajstić information content (AvgIpc) is 2.61. The SMILES string of the molecule is O=[N+]([O-])c1ccc(S(=O)(=O)Cl)c(OCCc2cccc3ccccc23)c1. The Balaban J connectivity index is 1.85. The molecule has 3 aromatic rings. The van der Waals surface area contributed by atoms with E-state index in [2.05, 4.69) is 0 Å². The van der Waals surface area contributed by atoms with Crippen molar-refractivity contribution in [3.8, 4) is 5.75 Å². The second-order valence-corrected chi connectivity index (χ2v) is 8.10. The second-order valence-electron chi connectivity index (χ2n) is 5.56. The van der Waals surface area contributed by atoms with Crippen LogP contribution in [-0.2, 0) is 15.5 Å². The van der Waals surface area contributed by atoms with E-state index in [1.807, 2.05) is 42.5 Å². The van der Waals surface area contributed by atoms with Gasteiger partial charge in [-0.05, 0) is 22.4 Å². The largest absolute Gasteiger partial charge is 0.492 e. The van der Waals surface area contributed by atoms with Crippen molar-refractivity contribution in [2.45, 2.75) is 11.3 Å². The summed E-state index contributed by atoms with van der Waals surface area (Å²) < 4.78 is 28.9. The van der Waals surface area contributed by atoms with Crippen molar-refractivity contribution in [1.82, 2.24) is 0 Å². The van der Waals surface area contributed by atoms with Gasteiger partial charge in [-0.2, -0.15) is 0 Å². The molecule has 0 unspecified atom stereocenters. The molecule has 0 aromatic heterocycles. The van der Waals surface area contributed by atoms with Crippen molar-refractivity contribution in [2.75, 3.05) is 6.61 Å². The molecule has 0 saturated carbocycles. The molecule has 0 amide bonds. The minimum Gasteiger partial charge on any atom is -0.492 e. The molecule has 0 atom stereocenters. The lowest BCUT2D eigenvalue weighted by Crippen LogP contribution is -2.05. The predicted octanol–water partition coefficient (Wildman–Crippen LogP) is 4.30. The fourth-order valence-electron chi connectivity index (χ4n) is 2.71. The van der Waals surface area contributed by atoms with Gasteiger partial charge >= 0.3 is 0 Å². The molecule has 0 saturated heterocycles. The van der Waals surface area contributed by atoms with Gasteiger partial charge in [-0.3, -0.25) is 10.1 Å². The molecule has 26 heavy (non-hydrogen) atoms. The maximum Gasteiger partial charge on any atom is 0.273 e. The standard InChI is InChI=1S/C18H14ClNO5S/c19-26(23,24)18-9-8-15(20(21)22)12-17(18)25-11-10-14-6-3-5-13-4-1-2-7-16(13)14/h1-9,12H,10-11H2. The van der Waals surface area contributed by atoms with Gasteiger partial charge in [-0.1, -0.05) is 42.5 Å². The number of halogens is 1. The van der Waals surface area contributed by atoms with E-state index < -0.39 is 14.0 Å². The van der Waals surface area contributed by atoms with Crippen LogP contribution in [0.2, 0.25) is 0 Å². The highest BCUT2D eigenvalue weighted by Crippen LogP contribution is 2.31. The Morgan fingerprint density at radius 1 is 1.04 bits per heavy atom. The van der Waals surface area contributed by atoms with E-state index in [-0.39, 0.29) is 22.9 Å². The summed E-state index contributed by atoms with van der Waals surface area (Å²) in [6, 6.07) is 17.0. The number of nitro groups is 1. The third kappa shape index (κ3) is 3.95. The maximum atomic E-state index is 11.7. The lowest BCUT2D eigenvalue weighted by molar-refractivity contribution is -0.385. The van der Waals surface area contributed by atoms with Gasteiger partial charge in [0.25, 0.3) is 14.7 Å². The molecule has 0 aliphatic rings. The molecule has 8 heteroatoms. The number of hydrogen-bond donors (Lipinski definition) is 0. The maximum absolute atomic E-state index is 11.7. The summed E-state index contributed by atoms with van der Waals surface area (Å²) in [4.78, 5) is 10.0. The van der Waals surface area contributed by atoms with Gasteiger partial charge in [0.1, 0.15) is 10.6 Å². The summed E-state index contributed by atoms with van der Waals surface area (Å²) in [5.41, 5.74) is 0.762. The van der Waals surface area contributed by atoms with Gasteiger partial charge < -0.3 is 4.74 Å². The van der Waals surface area contributed by atoms with E-state index in [0.29, 0.717) is 6.42 Å². The van der Waals surface area contributed by atoms with Crippen LogP contribution in [0.1, 0.15) is 5.56 Å². The molecule has 0 aliphatic heterocycles. The van der Waals surface area contributed by atoms with Gasteiger partial charge in [0.15, 0.2) is 0 Å². The Morgan fingerprint density at radius 3 is 2.50 bits per heavy atom. The van der Waals surface area contributed by atoms with E-state index in [4.69, 9.17) is 15.4 Å². The quantitative estimate of drug-likeness (QED) is 0.355. The summed E-state index contributed by atoms with van der Waals surface area (Å²) in [7, 11) is 1.31. The van der Waals surface area contributed by atoms with Crippen LogP contribution in [0.3, 0.4) is 0 Å². The number of ether oxygens (including phenoxy) is 1. The minimum absolute atomic E-state index is 0.130. The summed E-state index contributed by atoms with van der Waals surface area (Å²) in [6.07, 6.45) is 0.506. The van der Waals surface area contributed by atoms with Crippen LogP contribution in [0.15, 0.2) is 65.6 Å². The molecular formula is C18H14ClNO5S. The van der Waals surface area contributed by atoms with Gasteiger partial charge in [0.2, 0.25) is 0 Å². The normalized spacial score (nSPS) is 11.4. The summed E-state index contributed by atoms with van der Waals surface area (Å²) in [5.74, 6) is -0.130. The van der Waals surface area contributed by atoms with Crippen molar-refractivity contribution in [3.63, 3.8) is 0 Å². The van der Waals surface area contributed by atoms with Gasteiger partial charge in [0, 0.05) is 23.2 Å². The van der Waals surface area contributed by atoms with Crippen LogP contribution in [-0.4, -0.2) is 19.9 Å². The Labute approximate surface area is 154 Å². The van der Waals surface area contributed by atoms with Crippen molar-refractivity contribution < 1.29 is 18.1 Å². The van der Waals surface area contributed by atoms with Crippen molar-refractivity contribution in [2.24, 2.45) is 0 Å². The van der Waals surface area contributed by atoms with Crippen LogP contribution in [0.5, 0.6) is 5.75 Å². The summed E-state index contributed by atoms with van der Waals surface area (Å²) in [6.45, 7) is 0.147. The fraction of sp³-hybridized carbons (Fsp3) is 0.111. The minimum atomic E-state index is -4.08. The average molecular weight is 392 g/mol. The number of rotatable bonds is 6. The summed E-state index contributed by atoms with van der Waals surface area (Å²) >= 11 is 0. The Morgan fingerprint density at radius 2 is 1.77 bits per heavy atom. The highest BCUT2D eigenvalue weighted by atomic mass is 35.7. The molecule has 0 N–H and O–H groups in total. The molecule has 0 spiro atoms. The molecular weight excluding hydrogens is 378 g/mol. The third-order valence-corrected chi connectivity index (χ3v) is 5.27. The van der Waals surface area contributed by atoms with Gasteiger partial charge in [0.05, 0.1) is 17.6 Å². The monoisotopic (exact) mass is 391 g/mol. The number of nitrogens with zero attached hydrogens (tertiary/aromatic N) is 1. The zero-order chi connectivity index (χ0) is 18.7. The zero-order valence-corrected chi connectivity index (χ0v) is 15.0. The molecule has 134 valence electrons. The molecule has 0 aliphatic carbocycles. The number of non-ortho nitro benzene ring substituents is 1. The second kappa shape index (κ2) is 7.31. The topological polar surface area (TPSA) is 86.5 Å². The highest BCUT2D eigenvalue weighted by Gasteiger charge is 2.20. The fourth-order valence-corrected chi connectivity index (χ4v) is 3.68. The lowest BCUT2D eigenvalue weighted by atomic mass is 10.0. The van der Waals surface area contributed by atoms with E-state index in [9.17, 15) is 18.5 Å². The van der Waals surface area contributed by atoms with Crippen LogP contribution in [0.4, 0.5) is 5.69 Å². The molecule has 0 bridgehead atoms. The van der Waals surface area contributed by atoms with E-state index >= 15 is 0 Å². The lowest BCUT2D eigenvalue weighted by Gasteiger charge is -2.11. The number of benzene rings is 3. The van der Waals surface area contributed by atoms with Crippen LogP contribution in [0, 0.1) is 10.1 Å². The van der Waals surface area contributed by atoms with E-state index in [1.165, 1.54) is 0 Å². The first-order valence-corrected chi connectivity index (χ1v) is 10.00. The van der Waals surface area contributed by atoms with Crippen molar-refractivity contribution >= 4 is 36.2 Å². The number of hydrogen-bond acceptors (Lipinski definition) is 5. The van der Waals surface area contributed by atoms with Crippen molar-refractivity contribution in [1.29, 1.82) is 0 Å². The van der Waals surface area contributed by atoms with E-state index in [1.54, 1.807) is 0 Å². The van der Waals surface area contributed by atoms with Crippen molar-refractivity contribution in [3.05, 3.63) is 76.3 Å². The van der Waals surface area contributed by atoms with E-state index in [0.717, 1.165) is 34.5 Å². The van der Waals surface area contributed by atoms with Gasteiger partial charge in [-0.15, -0.1) is 0 Å². The molecule has 3 aromatic carbocycles. The molecule has 3 rings (SSSR count). The smallest absolute Gasteiger partial charge is 0.273 e. The predicted molar refractivity (Wildman–Crippen MR) is 99.3 cm³/mol. The first-order valence-electron chi connectivity index (χ1n) is 7.69. The highest BCUT2D eigenvalue weighted by molar-refractivity contribution is 8.13. The molecule has 0 radical (unpaired) electrons. The Kier molecular flexibility index (Phi) is 5.11. The molecule has 6 nitrogen and oxygen atoms in total.